The molecule has 0 radical (unpaired) electrons. The van der Waals surface area contributed by atoms with Gasteiger partial charge in [-0.15, -0.1) is 0 Å². The quantitative estimate of drug-likeness (QED) is 0.356. The minimum atomic E-state index is -5.08. The Morgan fingerprint density at radius 3 is 1.89 bits per heavy atom. The summed E-state index contributed by atoms with van der Waals surface area (Å²) in [5.74, 6) is -7.04. The fraction of sp³-hybridized carbons (Fsp3) is 0.500. The maximum absolute atomic E-state index is 10.6. The van der Waals surface area contributed by atoms with Crippen molar-refractivity contribution in [3.05, 3.63) is 54.0 Å². The number of ether oxygens (including phenoxy) is 3. The Bertz CT molecular complexity index is 1240. The fourth-order valence-corrected chi connectivity index (χ4v) is 4.09. The van der Waals surface area contributed by atoms with Crippen molar-refractivity contribution >= 4 is 17.9 Å². The zero-order chi connectivity index (χ0) is 36.1. The summed E-state index contributed by atoms with van der Waals surface area (Å²) in [5, 5.41) is 21.4. The van der Waals surface area contributed by atoms with Crippen molar-refractivity contribution in [1.82, 2.24) is 14.9 Å². The molecule has 4 heterocycles. The lowest BCUT2D eigenvalue weighted by molar-refractivity contribution is -0.193. The summed E-state index contributed by atoms with van der Waals surface area (Å²) in [7, 11) is 1.67. The van der Waals surface area contributed by atoms with Gasteiger partial charge in [-0.05, 0) is 23.8 Å². The molecular weight excluding hydrogens is 669 g/mol. The second-order valence-electron chi connectivity index (χ2n) is 9.67. The number of pyridine rings is 2. The van der Waals surface area contributed by atoms with Gasteiger partial charge in [0.15, 0.2) is 0 Å². The number of carbonyl (C=O) groups is 3. The smallest absolute Gasteiger partial charge is 0.481 e. The van der Waals surface area contributed by atoms with E-state index in [-0.39, 0.29) is 5.41 Å². The van der Waals surface area contributed by atoms with Gasteiger partial charge >= 0.3 is 36.4 Å². The third-order valence-corrected chi connectivity index (χ3v) is 6.16. The molecule has 0 aliphatic carbocycles. The molecule has 0 spiro atoms. The number of fused-ring (bicyclic) bond motifs is 1. The normalized spacial score (nSPS) is 19.1. The van der Waals surface area contributed by atoms with Gasteiger partial charge in [-0.25, -0.2) is 19.4 Å². The largest absolute Gasteiger partial charge is 0.490 e. The van der Waals surface area contributed by atoms with E-state index in [2.05, 4.69) is 20.9 Å². The van der Waals surface area contributed by atoms with Crippen LogP contribution >= 0.6 is 0 Å². The highest BCUT2D eigenvalue weighted by atomic mass is 19.4. The van der Waals surface area contributed by atoms with E-state index in [4.69, 9.17) is 43.9 Å². The van der Waals surface area contributed by atoms with Crippen molar-refractivity contribution in [3.63, 3.8) is 0 Å². The van der Waals surface area contributed by atoms with Crippen LogP contribution in [0.1, 0.15) is 11.1 Å². The second-order valence-corrected chi connectivity index (χ2v) is 9.67. The van der Waals surface area contributed by atoms with Crippen molar-refractivity contribution < 1.29 is 83.4 Å². The van der Waals surface area contributed by atoms with Crippen LogP contribution in [0.2, 0.25) is 0 Å². The van der Waals surface area contributed by atoms with Crippen LogP contribution < -0.4 is 4.74 Å². The molecule has 0 bridgehead atoms. The molecule has 0 saturated carbocycles. The molecule has 47 heavy (non-hydrogen) atoms. The number of aliphatic carboxylic acids is 3. The van der Waals surface area contributed by atoms with Gasteiger partial charge in [-0.3, -0.25) is 9.88 Å². The van der Waals surface area contributed by atoms with Crippen molar-refractivity contribution in [2.75, 3.05) is 40.0 Å². The zero-order valence-corrected chi connectivity index (χ0v) is 24.1. The van der Waals surface area contributed by atoms with Crippen LogP contribution in [-0.2, 0) is 37.0 Å². The summed E-state index contributed by atoms with van der Waals surface area (Å²) in [5.41, 5.74) is 2.37. The van der Waals surface area contributed by atoms with E-state index < -0.39 is 36.4 Å². The molecule has 12 nitrogen and oxygen atoms in total. The number of alkyl halides is 9. The maximum atomic E-state index is 10.6. The SMILES string of the molecule is COc1ncccc1CN1C[C@@H]2COC[C@]2(COCc2ccncc2)C1.O=C(O)C(F)(F)F.O=C(O)C(F)(F)F.O=C(O)C(F)(F)F. The monoisotopic (exact) mass is 697 g/mol. The van der Waals surface area contributed by atoms with E-state index in [9.17, 15) is 39.5 Å². The molecule has 21 heteroatoms. The Morgan fingerprint density at radius 2 is 1.43 bits per heavy atom. The van der Waals surface area contributed by atoms with E-state index in [1.807, 2.05) is 18.2 Å². The van der Waals surface area contributed by atoms with Crippen LogP contribution in [0.5, 0.6) is 5.88 Å². The van der Waals surface area contributed by atoms with Gasteiger partial charge in [0, 0.05) is 55.1 Å². The summed E-state index contributed by atoms with van der Waals surface area (Å²) >= 11 is 0. The van der Waals surface area contributed by atoms with Crippen molar-refractivity contribution in [2.24, 2.45) is 11.3 Å². The lowest BCUT2D eigenvalue weighted by Gasteiger charge is -2.27. The summed E-state index contributed by atoms with van der Waals surface area (Å²) in [6, 6.07) is 8.04. The highest BCUT2D eigenvalue weighted by Crippen LogP contribution is 2.42. The third kappa shape index (κ3) is 14.4. The molecule has 4 rings (SSSR count). The molecule has 2 atom stereocenters. The average molecular weight is 698 g/mol. The van der Waals surface area contributed by atoms with Crippen molar-refractivity contribution in [2.45, 2.75) is 31.7 Å². The van der Waals surface area contributed by atoms with Gasteiger partial charge in [0.2, 0.25) is 5.88 Å². The Kier molecular flexibility index (Phi) is 15.3. The van der Waals surface area contributed by atoms with Crippen LogP contribution in [0.25, 0.3) is 0 Å². The van der Waals surface area contributed by atoms with Crippen LogP contribution in [0, 0.1) is 11.3 Å². The number of aromatic nitrogens is 2. The van der Waals surface area contributed by atoms with Gasteiger partial charge in [0.1, 0.15) is 0 Å². The van der Waals surface area contributed by atoms with Gasteiger partial charge in [0.05, 0.1) is 33.5 Å². The molecule has 264 valence electrons. The molecule has 2 saturated heterocycles. The number of likely N-dealkylation sites (tertiary alicyclic amines) is 1. The summed E-state index contributed by atoms with van der Waals surface area (Å²) in [6.07, 6.45) is -9.88. The molecule has 0 aromatic carbocycles. The third-order valence-electron chi connectivity index (χ3n) is 6.16. The zero-order valence-electron chi connectivity index (χ0n) is 24.1. The Morgan fingerprint density at radius 1 is 0.915 bits per heavy atom. The van der Waals surface area contributed by atoms with E-state index in [1.165, 1.54) is 0 Å². The number of hydrogen-bond donors (Lipinski definition) is 3. The second kappa shape index (κ2) is 17.6. The minimum Gasteiger partial charge on any atom is -0.481 e. The number of halogens is 9. The predicted molar refractivity (Wildman–Crippen MR) is 138 cm³/mol. The van der Waals surface area contributed by atoms with Crippen molar-refractivity contribution in [3.8, 4) is 5.88 Å². The molecule has 0 unspecified atom stereocenters. The number of hydrogen-bond acceptors (Lipinski definition) is 9. The maximum Gasteiger partial charge on any atom is 0.490 e. The average Bonchev–Trinajstić information content (AvgIpc) is 3.50. The summed E-state index contributed by atoms with van der Waals surface area (Å²) < 4.78 is 112. The molecular formula is C26H28F9N3O9. The van der Waals surface area contributed by atoms with Crippen LogP contribution in [0.3, 0.4) is 0 Å². The molecule has 2 aromatic heterocycles. The van der Waals surface area contributed by atoms with Crippen LogP contribution in [0.4, 0.5) is 39.5 Å². The first-order valence-corrected chi connectivity index (χ1v) is 12.8. The number of rotatable bonds is 7. The lowest BCUT2D eigenvalue weighted by Crippen LogP contribution is -2.35. The lowest BCUT2D eigenvalue weighted by atomic mass is 9.82. The van der Waals surface area contributed by atoms with Gasteiger partial charge in [0.25, 0.3) is 0 Å². The molecule has 2 aliphatic rings. The highest BCUT2D eigenvalue weighted by Gasteiger charge is 2.50. The molecule has 3 N–H and O–H groups in total. The molecule has 2 aromatic rings. The van der Waals surface area contributed by atoms with E-state index in [1.54, 1.807) is 25.7 Å². The van der Waals surface area contributed by atoms with Gasteiger partial charge in [-0.1, -0.05) is 6.07 Å². The van der Waals surface area contributed by atoms with E-state index in [0.29, 0.717) is 18.4 Å². The first-order valence-electron chi connectivity index (χ1n) is 12.8. The molecule has 2 fully saturated rings. The van der Waals surface area contributed by atoms with Gasteiger partial charge < -0.3 is 29.5 Å². The van der Waals surface area contributed by atoms with Crippen molar-refractivity contribution in [1.29, 1.82) is 0 Å². The number of carboxylic acids is 3. The Labute approximate surface area is 259 Å². The van der Waals surface area contributed by atoms with Crippen LogP contribution in [-0.4, -0.2) is 107 Å². The number of methoxy groups -OCH3 is 1. The fourth-order valence-electron chi connectivity index (χ4n) is 4.09. The molecule has 0 amide bonds. The summed E-state index contributed by atoms with van der Waals surface area (Å²) in [6.45, 7) is 5.78. The standard InChI is InChI=1S/C20H25N3O3.3C2HF3O2/c1-24-19-17(3-2-6-22-19)9-23-10-18-12-26-15-20(18,13-23)14-25-11-16-4-7-21-8-5-16;3*3-2(4,5)1(6)7/h2-8,18H,9-15H2,1H3;3*(H,6,7)/t18-,20-;;;/m1.../s1. The first kappa shape index (κ1) is 40.8. The van der Waals surface area contributed by atoms with E-state index in [0.717, 1.165) is 50.6 Å². The van der Waals surface area contributed by atoms with Gasteiger partial charge in [-0.2, -0.15) is 39.5 Å². The summed E-state index contributed by atoms with van der Waals surface area (Å²) in [4.78, 5) is 37.5. The Hall–Kier alpha value is -4.24. The highest BCUT2D eigenvalue weighted by molar-refractivity contribution is 5.73. The molecule has 2 aliphatic heterocycles. The van der Waals surface area contributed by atoms with E-state index >= 15 is 0 Å². The minimum absolute atomic E-state index is 0.0858. The number of nitrogens with zero attached hydrogens (tertiary/aromatic N) is 3. The first-order chi connectivity index (χ1) is 21.6. The topological polar surface area (TPSA) is 169 Å². The number of carboxylic acid groups (broad SMARTS) is 3. The van der Waals surface area contributed by atoms with Crippen LogP contribution in [0.15, 0.2) is 42.9 Å². The predicted octanol–water partition coefficient (Wildman–Crippen LogP) is 4.05. The Balaban J connectivity index is 0.000000430.